The second-order valence-corrected chi connectivity index (χ2v) is 6.68. The van der Waals surface area contributed by atoms with Gasteiger partial charge in [-0.15, -0.1) is 0 Å². The lowest BCUT2D eigenvalue weighted by Gasteiger charge is -2.10. The zero-order valence-corrected chi connectivity index (χ0v) is 13.1. The van der Waals surface area contributed by atoms with E-state index in [0.29, 0.717) is 24.0 Å². The zero-order chi connectivity index (χ0) is 17.3. The lowest BCUT2D eigenvalue weighted by Crippen LogP contribution is -2.06. The smallest absolute Gasteiger partial charge is 0.282 e. The molecule has 0 radical (unpaired) electrons. The van der Waals surface area contributed by atoms with Gasteiger partial charge in [0.25, 0.3) is 10.1 Å². The molecule has 0 spiro atoms. The largest absolute Gasteiger partial charge is 0.416 e. The van der Waals surface area contributed by atoms with Gasteiger partial charge in [0.1, 0.15) is 0 Å². The Morgan fingerprint density at radius 3 is 2.35 bits per heavy atom. The predicted molar refractivity (Wildman–Crippen MR) is 79.8 cm³/mol. The summed E-state index contributed by atoms with van der Waals surface area (Å²) in [7, 11) is -4.30. The molecule has 0 saturated carbocycles. The van der Waals surface area contributed by atoms with Crippen molar-refractivity contribution in [1.29, 1.82) is 0 Å². The monoisotopic (exact) mass is 344 g/mol. The van der Waals surface area contributed by atoms with Crippen LogP contribution < -0.4 is 0 Å². The Balaban J connectivity index is 2.22. The second-order valence-electron chi connectivity index (χ2n) is 5.26. The van der Waals surface area contributed by atoms with Crippen molar-refractivity contribution >= 4 is 10.1 Å². The molecule has 0 aliphatic carbocycles. The Morgan fingerprint density at radius 1 is 1.04 bits per heavy atom. The van der Waals surface area contributed by atoms with Crippen LogP contribution in [0.15, 0.2) is 47.4 Å². The molecule has 0 bridgehead atoms. The van der Waals surface area contributed by atoms with Gasteiger partial charge in [-0.1, -0.05) is 24.3 Å². The summed E-state index contributed by atoms with van der Waals surface area (Å²) in [4.78, 5) is -0.220. The van der Waals surface area contributed by atoms with E-state index < -0.39 is 21.9 Å². The summed E-state index contributed by atoms with van der Waals surface area (Å²) in [5, 5.41) is 0. The molecule has 7 heteroatoms. The first-order valence-electron chi connectivity index (χ1n) is 6.80. The van der Waals surface area contributed by atoms with Gasteiger partial charge in [0.05, 0.1) is 10.5 Å². The van der Waals surface area contributed by atoms with E-state index in [1.807, 2.05) is 0 Å². The summed E-state index contributed by atoms with van der Waals surface area (Å²) in [6.45, 7) is 1.77. The summed E-state index contributed by atoms with van der Waals surface area (Å²) in [5.74, 6) is 0. The maximum atomic E-state index is 12.7. The molecule has 1 N–H and O–H groups in total. The number of hydrogen-bond acceptors (Lipinski definition) is 2. The molecular formula is C16H15F3O3S. The van der Waals surface area contributed by atoms with Crippen molar-refractivity contribution in [3.05, 3.63) is 64.7 Å². The van der Waals surface area contributed by atoms with Crippen LogP contribution in [0.1, 0.15) is 22.3 Å². The quantitative estimate of drug-likeness (QED) is 0.852. The standard InChI is InChI=1S/C16H15F3O3S/c1-11-5-8-15(23(20,21)22)10-13(11)7-6-12-3-2-4-14(9-12)16(17,18)19/h2-5,8-10H,6-7H2,1H3,(H,20,21,22). The summed E-state index contributed by atoms with van der Waals surface area (Å²) >= 11 is 0. The van der Waals surface area contributed by atoms with E-state index in [4.69, 9.17) is 4.55 Å². The van der Waals surface area contributed by atoms with Gasteiger partial charge in [-0.3, -0.25) is 4.55 Å². The van der Waals surface area contributed by atoms with Gasteiger partial charge in [-0.05, 0) is 54.7 Å². The molecule has 0 aliphatic heterocycles. The maximum absolute atomic E-state index is 12.7. The highest BCUT2D eigenvalue weighted by Gasteiger charge is 2.30. The summed E-state index contributed by atoms with van der Waals surface area (Å²) in [5.41, 5.74) is 1.27. The highest BCUT2D eigenvalue weighted by Crippen LogP contribution is 2.29. The normalized spacial score (nSPS) is 12.4. The Kier molecular flexibility index (Phi) is 4.81. The van der Waals surface area contributed by atoms with Crippen LogP contribution in [-0.2, 0) is 29.1 Å². The first-order chi connectivity index (χ1) is 10.6. The Labute approximate surface area is 132 Å². The zero-order valence-electron chi connectivity index (χ0n) is 12.3. The third kappa shape index (κ3) is 4.56. The summed E-state index contributed by atoms with van der Waals surface area (Å²) < 4.78 is 69.4. The summed E-state index contributed by atoms with van der Waals surface area (Å²) in [6, 6.07) is 9.23. The maximum Gasteiger partial charge on any atom is 0.416 e. The molecule has 23 heavy (non-hydrogen) atoms. The first kappa shape index (κ1) is 17.5. The minimum absolute atomic E-state index is 0.220. The average Bonchev–Trinajstić information content (AvgIpc) is 2.44. The lowest BCUT2D eigenvalue weighted by molar-refractivity contribution is -0.137. The lowest BCUT2D eigenvalue weighted by atomic mass is 9.99. The molecule has 0 unspecified atom stereocenters. The molecule has 0 saturated heterocycles. The molecule has 2 aromatic carbocycles. The molecule has 2 aromatic rings. The topological polar surface area (TPSA) is 54.4 Å². The van der Waals surface area contributed by atoms with Gasteiger partial charge in [0.2, 0.25) is 0 Å². The number of aryl methyl sites for hydroxylation is 3. The van der Waals surface area contributed by atoms with E-state index in [1.54, 1.807) is 19.1 Å². The Bertz CT molecular complexity index is 812. The molecule has 3 nitrogen and oxygen atoms in total. The molecule has 0 aromatic heterocycles. The fourth-order valence-electron chi connectivity index (χ4n) is 2.26. The van der Waals surface area contributed by atoms with Gasteiger partial charge in [-0.25, -0.2) is 0 Å². The van der Waals surface area contributed by atoms with Gasteiger partial charge < -0.3 is 0 Å². The highest BCUT2D eigenvalue weighted by molar-refractivity contribution is 7.85. The predicted octanol–water partition coefficient (Wildman–Crippen LogP) is 4.05. The van der Waals surface area contributed by atoms with Crippen LogP contribution in [-0.4, -0.2) is 13.0 Å². The van der Waals surface area contributed by atoms with Gasteiger partial charge in [0, 0.05) is 0 Å². The highest BCUT2D eigenvalue weighted by atomic mass is 32.2. The molecule has 0 fully saturated rings. The van der Waals surface area contributed by atoms with E-state index in [9.17, 15) is 21.6 Å². The molecule has 0 amide bonds. The number of rotatable bonds is 4. The number of hydrogen-bond donors (Lipinski definition) is 1. The van der Waals surface area contributed by atoms with E-state index in [-0.39, 0.29) is 4.90 Å². The number of halogens is 3. The Morgan fingerprint density at radius 2 is 1.74 bits per heavy atom. The van der Waals surface area contributed by atoms with Crippen molar-refractivity contribution in [2.75, 3.05) is 0 Å². The van der Waals surface area contributed by atoms with Crippen LogP contribution >= 0.6 is 0 Å². The average molecular weight is 344 g/mol. The van der Waals surface area contributed by atoms with Crippen LogP contribution in [0.4, 0.5) is 13.2 Å². The molecule has 0 heterocycles. The van der Waals surface area contributed by atoms with E-state index in [1.165, 1.54) is 18.2 Å². The van der Waals surface area contributed by atoms with E-state index in [0.717, 1.165) is 17.7 Å². The first-order valence-corrected chi connectivity index (χ1v) is 8.24. The van der Waals surface area contributed by atoms with Crippen molar-refractivity contribution in [2.24, 2.45) is 0 Å². The van der Waals surface area contributed by atoms with Gasteiger partial charge >= 0.3 is 6.18 Å². The van der Waals surface area contributed by atoms with Crippen molar-refractivity contribution in [2.45, 2.75) is 30.8 Å². The van der Waals surface area contributed by atoms with Gasteiger partial charge in [-0.2, -0.15) is 21.6 Å². The molecule has 2 rings (SSSR count). The minimum Gasteiger partial charge on any atom is -0.282 e. The minimum atomic E-state index is -4.39. The van der Waals surface area contributed by atoms with Crippen LogP contribution in [0.3, 0.4) is 0 Å². The second kappa shape index (κ2) is 6.33. The molecule has 124 valence electrons. The Hall–Kier alpha value is -1.86. The van der Waals surface area contributed by atoms with Crippen LogP contribution in [0.5, 0.6) is 0 Å². The van der Waals surface area contributed by atoms with Crippen molar-refractivity contribution < 1.29 is 26.1 Å². The molecular weight excluding hydrogens is 329 g/mol. The van der Waals surface area contributed by atoms with Crippen LogP contribution in [0.25, 0.3) is 0 Å². The molecule has 0 atom stereocenters. The van der Waals surface area contributed by atoms with Crippen molar-refractivity contribution in [1.82, 2.24) is 0 Å². The fourth-order valence-corrected chi connectivity index (χ4v) is 2.79. The van der Waals surface area contributed by atoms with E-state index in [2.05, 4.69) is 0 Å². The third-order valence-corrected chi connectivity index (χ3v) is 4.41. The van der Waals surface area contributed by atoms with Gasteiger partial charge in [0.15, 0.2) is 0 Å². The number of benzene rings is 2. The third-order valence-electron chi connectivity index (χ3n) is 3.56. The fraction of sp³-hybridized carbons (Fsp3) is 0.250. The molecule has 0 aliphatic rings. The number of alkyl halides is 3. The van der Waals surface area contributed by atoms with Crippen LogP contribution in [0, 0.1) is 6.92 Å². The SMILES string of the molecule is Cc1ccc(S(=O)(=O)O)cc1CCc1cccc(C(F)(F)F)c1. The van der Waals surface area contributed by atoms with Crippen LogP contribution in [0.2, 0.25) is 0 Å². The summed E-state index contributed by atoms with van der Waals surface area (Å²) in [6.07, 6.45) is -3.69. The van der Waals surface area contributed by atoms with Crippen molar-refractivity contribution in [3.8, 4) is 0 Å². The van der Waals surface area contributed by atoms with Crippen molar-refractivity contribution in [3.63, 3.8) is 0 Å². The van der Waals surface area contributed by atoms with E-state index >= 15 is 0 Å².